The lowest BCUT2D eigenvalue weighted by Crippen LogP contribution is -2.24. The molecule has 0 saturated carbocycles. The SMILES string of the molecule is C[C@H](O)[C@H](N)c1cc(F)ccc1F.Cl. The van der Waals surface area contributed by atoms with E-state index in [9.17, 15) is 8.78 Å². The normalized spacial score (nSPS) is 14.4. The molecule has 0 aliphatic carbocycles. The van der Waals surface area contributed by atoms with Gasteiger partial charge >= 0.3 is 0 Å². The molecule has 5 heteroatoms. The molecule has 0 aliphatic rings. The van der Waals surface area contributed by atoms with Gasteiger partial charge in [-0.3, -0.25) is 0 Å². The second-order valence-electron chi connectivity index (χ2n) is 2.93. The molecule has 0 aliphatic heterocycles. The van der Waals surface area contributed by atoms with Gasteiger partial charge in [0.15, 0.2) is 0 Å². The lowest BCUT2D eigenvalue weighted by molar-refractivity contribution is 0.162. The molecule has 0 unspecified atom stereocenters. The minimum Gasteiger partial charge on any atom is -0.391 e. The molecule has 0 bridgehead atoms. The van der Waals surface area contributed by atoms with Crippen LogP contribution >= 0.6 is 12.4 Å². The van der Waals surface area contributed by atoms with E-state index in [1.165, 1.54) is 6.92 Å². The van der Waals surface area contributed by atoms with Gasteiger partial charge in [-0.15, -0.1) is 12.4 Å². The van der Waals surface area contributed by atoms with Crippen molar-refractivity contribution in [2.45, 2.75) is 19.1 Å². The number of hydrogen-bond acceptors (Lipinski definition) is 2. The summed E-state index contributed by atoms with van der Waals surface area (Å²) in [5.74, 6) is -1.16. The van der Waals surface area contributed by atoms with Gasteiger partial charge in [0.25, 0.3) is 0 Å². The van der Waals surface area contributed by atoms with Gasteiger partial charge in [-0.2, -0.15) is 0 Å². The van der Waals surface area contributed by atoms with Gasteiger partial charge in [-0.1, -0.05) is 0 Å². The average Bonchev–Trinajstić information content (AvgIpc) is 2.08. The van der Waals surface area contributed by atoms with Gasteiger partial charge in [0.05, 0.1) is 12.1 Å². The quantitative estimate of drug-likeness (QED) is 0.803. The number of aliphatic hydroxyl groups excluding tert-OH is 1. The third-order valence-electron chi connectivity index (χ3n) is 1.84. The standard InChI is InChI=1S/C9H11F2NO.ClH/c1-5(13)9(12)7-4-6(10)2-3-8(7)11;/h2-5,9,13H,12H2,1H3;1H/t5-,9-;/m0./s1. The highest BCUT2D eigenvalue weighted by Gasteiger charge is 2.16. The van der Waals surface area contributed by atoms with Crippen LogP contribution in [0.5, 0.6) is 0 Å². The lowest BCUT2D eigenvalue weighted by Gasteiger charge is -2.15. The minimum absolute atomic E-state index is 0. The zero-order valence-corrected chi connectivity index (χ0v) is 8.39. The Labute approximate surface area is 87.1 Å². The molecule has 2 nitrogen and oxygen atoms in total. The van der Waals surface area contributed by atoms with Crippen LogP contribution in [0.15, 0.2) is 18.2 Å². The highest BCUT2D eigenvalue weighted by molar-refractivity contribution is 5.85. The molecule has 14 heavy (non-hydrogen) atoms. The van der Waals surface area contributed by atoms with Crippen molar-refractivity contribution in [2.75, 3.05) is 0 Å². The van der Waals surface area contributed by atoms with E-state index in [0.29, 0.717) is 0 Å². The van der Waals surface area contributed by atoms with Gasteiger partial charge in [0.1, 0.15) is 11.6 Å². The monoisotopic (exact) mass is 223 g/mol. The van der Waals surface area contributed by atoms with Crippen LogP contribution in [0.2, 0.25) is 0 Å². The Kier molecular flexibility index (Phi) is 4.97. The smallest absolute Gasteiger partial charge is 0.128 e. The maximum absolute atomic E-state index is 13.0. The van der Waals surface area contributed by atoms with Crippen molar-refractivity contribution < 1.29 is 13.9 Å². The van der Waals surface area contributed by atoms with Crippen LogP contribution in [0.4, 0.5) is 8.78 Å². The summed E-state index contributed by atoms with van der Waals surface area (Å²) < 4.78 is 25.7. The van der Waals surface area contributed by atoms with Crippen molar-refractivity contribution in [1.29, 1.82) is 0 Å². The first kappa shape index (κ1) is 13.3. The van der Waals surface area contributed by atoms with Crippen molar-refractivity contribution >= 4 is 12.4 Å². The Morgan fingerprint density at radius 3 is 2.43 bits per heavy atom. The van der Waals surface area contributed by atoms with Crippen LogP contribution in [0.25, 0.3) is 0 Å². The Hall–Kier alpha value is -0.710. The van der Waals surface area contributed by atoms with Crippen LogP contribution in [-0.4, -0.2) is 11.2 Å². The molecule has 0 aromatic heterocycles. The molecular formula is C9H12ClF2NO. The van der Waals surface area contributed by atoms with Crippen molar-refractivity contribution in [3.63, 3.8) is 0 Å². The van der Waals surface area contributed by atoms with Crippen molar-refractivity contribution in [1.82, 2.24) is 0 Å². The van der Waals surface area contributed by atoms with Crippen LogP contribution < -0.4 is 5.73 Å². The fraction of sp³-hybridized carbons (Fsp3) is 0.333. The summed E-state index contributed by atoms with van der Waals surface area (Å²) in [6, 6.07) is 2.10. The molecule has 80 valence electrons. The van der Waals surface area contributed by atoms with Crippen molar-refractivity contribution in [2.24, 2.45) is 5.73 Å². The third-order valence-corrected chi connectivity index (χ3v) is 1.84. The topological polar surface area (TPSA) is 46.2 Å². The van der Waals surface area contributed by atoms with Crippen LogP contribution in [0, 0.1) is 11.6 Å². The Balaban J connectivity index is 0.00000169. The zero-order valence-electron chi connectivity index (χ0n) is 7.58. The summed E-state index contributed by atoms with van der Waals surface area (Å²) in [6.07, 6.45) is -0.906. The molecule has 1 aromatic rings. The molecule has 0 spiro atoms. The third kappa shape index (κ3) is 2.90. The molecule has 0 radical (unpaired) electrons. The largest absolute Gasteiger partial charge is 0.391 e. The van der Waals surface area contributed by atoms with Gasteiger partial charge in [0.2, 0.25) is 0 Å². The van der Waals surface area contributed by atoms with E-state index >= 15 is 0 Å². The molecule has 0 amide bonds. The van der Waals surface area contributed by atoms with Crippen molar-refractivity contribution in [3.05, 3.63) is 35.4 Å². The number of benzene rings is 1. The number of nitrogens with two attached hydrogens (primary N) is 1. The predicted molar refractivity (Wildman–Crippen MR) is 52.2 cm³/mol. The van der Waals surface area contributed by atoms with Gasteiger partial charge < -0.3 is 10.8 Å². The molecule has 1 aromatic carbocycles. The summed E-state index contributed by atoms with van der Waals surface area (Å²) in [7, 11) is 0. The van der Waals surface area contributed by atoms with Gasteiger partial charge in [-0.25, -0.2) is 8.78 Å². The minimum atomic E-state index is -0.906. The van der Waals surface area contributed by atoms with Crippen LogP contribution in [0.1, 0.15) is 18.5 Å². The Morgan fingerprint density at radius 2 is 1.93 bits per heavy atom. The van der Waals surface area contributed by atoms with Gasteiger partial charge in [0, 0.05) is 5.56 Å². The second kappa shape index (κ2) is 5.24. The average molecular weight is 224 g/mol. The number of hydrogen-bond donors (Lipinski definition) is 2. The van der Waals surface area contributed by atoms with E-state index in [1.54, 1.807) is 0 Å². The first-order valence-electron chi connectivity index (χ1n) is 3.91. The molecule has 0 heterocycles. The fourth-order valence-corrected chi connectivity index (χ4v) is 1.03. The molecular weight excluding hydrogens is 212 g/mol. The summed E-state index contributed by atoms with van der Waals surface area (Å²) in [5.41, 5.74) is 5.45. The molecule has 3 N–H and O–H groups in total. The summed E-state index contributed by atoms with van der Waals surface area (Å²) in [4.78, 5) is 0. The molecule has 0 saturated heterocycles. The summed E-state index contributed by atoms with van der Waals surface area (Å²) in [5, 5.41) is 9.08. The first-order valence-corrected chi connectivity index (χ1v) is 3.91. The van der Waals surface area contributed by atoms with E-state index in [2.05, 4.69) is 0 Å². The van der Waals surface area contributed by atoms with Crippen molar-refractivity contribution in [3.8, 4) is 0 Å². The van der Waals surface area contributed by atoms with Gasteiger partial charge in [-0.05, 0) is 25.1 Å². The zero-order chi connectivity index (χ0) is 10.0. The predicted octanol–water partition coefficient (Wildman–Crippen LogP) is 1.77. The van der Waals surface area contributed by atoms with E-state index in [-0.39, 0.29) is 18.0 Å². The highest BCUT2D eigenvalue weighted by Crippen LogP contribution is 2.18. The molecule has 2 atom stereocenters. The van der Waals surface area contributed by atoms with Crippen LogP contribution in [0.3, 0.4) is 0 Å². The molecule has 1 rings (SSSR count). The summed E-state index contributed by atoms with van der Waals surface area (Å²) >= 11 is 0. The van der Waals surface area contributed by atoms with E-state index < -0.39 is 23.8 Å². The summed E-state index contributed by atoms with van der Waals surface area (Å²) in [6.45, 7) is 1.43. The van der Waals surface area contributed by atoms with E-state index in [1.807, 2.05) is 0 Å². The maximum atomic E-state index is 13.0. The maximum Gasteiger partial charge on any atom is 0.128 e. The molecule has 0 fully saturated rings. The number of aliphatic hydroxyl groups is 1. The second-order valence-corrected chi connectivity index (χ2v) is 2.93. The first-order chi connectivity index (χ1) is 6.02. The van der Waals surface area contributed by atoms with E-state index in [4.69, 9.17) is 10.8 Å². The Bertz CT molecular complexity index is 307. The fourth-order valence-electron chi connectivity index (χ4n) is 1.03. The number of halogens is 3. The van der Waals surface area contributed by atoms with Crippen LogP contribution in [-0.2, 0) is 0 Å². The Morgan fingerprint density at radius 1 is 1.36 bits per heavy atom. The lowest BCUT2D eigenvalue weighted by atomic mass is 10.0. The van der Waals surface area contributed by atoms with E-state index in [0.717, 1.165) is 18.2 Å². The number of rotatable bonds is 2. The highest BCUT2D eigenvalue weighted by atomic mass is 35.5.